The Bertz CT molecular complexity index is 576. The Morgan fingerprint density at radius 1 is 1.26 bits per heavy atom. The fourth-order valence-corrected chi connectivity index (χ4v) is 2.84. The summed E-state index contributed by atoms with van der Waals surface area (Å²) in [5.41, 5.74) is 5.74. The summed E-state index contributed by atoms with van der Waals surface area (Å²) in [5.74, 6) is 0.954. The van der Waals surface area contributed by atoms with Gasteiger partial charge in [0.2, 0.25) is 5.91 Å². The van der Waals surface area contributed by atoms with Crippen molar-refractivity contribution in [3.63, 3.8) is 0 Å². The highest BCUT2D eigenvalue weighted by Gasteiger charge is 2.29. The van der Waals surface area contributed by atoms with Gasteiger partial charge in [-0.3, -0.25) is 25.3 Å². The molecule has 0 aliphatic carbocycles. The van der Waals surface area contributed by atoms with Crippen molar-refractivity contribution in [1.29, 1.82) is 0 Å². The van der Waals surface area contributed by atoms with Gasteiger partial charge in [-0.2, -0.15) is 0 Å². The number of carbonyl (C=O) groups is 2. The van der Waals surface area contributed by atoms with Gasteiger partial charge in [-0.15, -0.1) is 0 Å². The molecule has 1 aliphatic rings. The Kier molecular flexibility index (Phi) is 5.81. The van der Waals surface area contributed by atoms with E-state index < -0.39 is 0 Å². The molecule has 126 valence electrons. The summed E-state index contributed by atoms with van der Waals surface area (Å²) in [6.45, 7) is 2.40. The molecule has 1 atom stereocenters. The summed E-state index contributed by atoms with van der Waals surface area (Å²) in [7, 11) is 3.24. The topological polar surface area (TPSA) is 79.9 Å². The van der Waals surface area contributed by atoms with E-state index in [2.05, 4.69) is 15.8 Å². The highest BCUT2D eigenvalue weighted by atomic mass is 16.5. The second-order valence-electron chi connectivity index (χ2n) is 5.47. The summed E-state index contributed by atoms with van der Waals surface area (Å²) in [6.07, 6.45) is 1.96. The van der Waals surface area contributed by atoms with Crippen LogP contribution in [0.5, 0.6) is 11.5 Å². The number of rotatable bonds is 5. The van der Waals surface area contributed by atoms with Crippen LogP contribution in [0, 0.1) is 0 Å². The van der Waals surface area contributed by atoms with Gasteiger partial charge in [-0.25, -0.2) is 0 Å². The third-order valence-corrected chi connectivity index (χ3v) is 3.89. The summed E-state index contributed by atoms with van der Waals surface area (Å²) in [6, 6.07) is 5.83. The fourth-order valence-electron chi connectivity index (χ4n) is 2.84. The van der Waals surface area contributed by atoms with Gasteiger partial charge < -0.3 is 9.47 Å². The van der Waals surface area contributed by atoms with Gasteiger partial charge in [-0.1, -0.05) is 6.07 Å². The van der Waals surface area contributed by atoms with E-state index >= 15 is 0 Å². The Morgan fingerprint density at radius 2 is 2.04 bits per heavy atom. The third kappa shape index (κ3) is 4.35. The predicted molar refractivity (Wildman–Crippen MR) is 85.1 cm³/mol. The van der Waals surface area contributed by atoms with E-state index in [0.29, 0.717) is 0 Å². The SMILES string of the molecule is COc1ccc([C@@H]2CCCN2CC(=O)NNC(C)=O)c(OC)c1. The lowest BCUT2D eigenvalue weighted by Crippen LogP contribution is -2.45. The molecule has 7 heteroatoms. The van der Waals surface area contributed by atoms with E-state index in [1.807, 2.05) is 18.2 Å². The zero-order valence-electron chi connectivity index (χ0n) is 13.7. The molecule has 1 fully saturated rings. The van der Waals surface area contributed by atoms with E-state index in [0.717, 1.165) is 36.4 Å². The molecule has 1 aromatic rings. The van der Waals surface area contributed by atoms with Crippen molar-refractivity contribution in [3.8, 4) is 11.5 Å². The zero-order valence-corrected chi connectivity index (χ0v) is 13.7. The van der Waals surface area contributed by atoms with Crippen molar-refractivity contribution in [1.82, 2.24) is 15.8 Å². The average Bonchev–Trinajstić information content (AvgIpc) is 3.00. The highest BCUT2D eigenvalue weighted by Crippen LogP contribution is 2.38. The molecule has 1 saturated heterocycles. The van der Waals surface area contributed by atoms with E-state index in [-0.39, 0.29) is 24.4 Å². The first-order valence-electron chi connectivity index (χ1n) is 7.56. The number of carbonyl (C=O) groups excluding carboxylic acids is 2. The fraction of sp³-hybridized carbons (Fsp3) is 0.500. The smallest absolute Gasteiger partial charge is 0.252 e. The van der Waals surface area contributed by atoms with Crippen molar-refractivity contribution in [2.45, 2.75) is 25.8 Å². The molecule has 2 N–H and O–H groups in total. The normalized spacial score (nSPS) is 17.6. The predicted octanol–water partition coefficient (Wildman–Crippen LogP) is 1.01. The minimum atomic E-state index is -0.298. The van der Waals surface area contributed by atoms with Crippen molar-refractivity contribution in [2.24, 2.45) is 0 Å². The number of hydrogen-bond donors (Lipinski definition) is 2. The van der Waals surface area contributed by atoms with Gasteiger partial charge in [0, 0.05) is 24.6 Å². The molecule has 0 saturated carbocycles. The van der Waals surface area contributed by atoms with Gasteiger partial charge in [0.1, 0.15) is 11.5 Å². The van der Waals surface area contributed by atoms with Crippen LogP contribution in [0.2, 0.25) is 0 Å². The number of amides is 2. The molecule has 0 aromatic heterocycles. The molecule has 0 radical (unpaired) electrons. The second-order valence-corrected chi connectivity index (χ2v) is 5.47. The molecular weight excluding hydrogens is 298 g/mol. The van der Waals surface area contributed by atoms with Crippen LogP contribution in [0.15, 0.2) is 18.2 Å². The summed E-state index contributed by atoms with van der Waals surface area (Å²) >= 11 is 0. The van der Waals surface area contributed by atoms with Crippen LogP contribution in [-0.2, 0) is 9.59 Å². The average molecular weight is 321 g/mol. The Morgan fingerprint density at radius 3 is 2.70 bits per heavy atom. The standard InChI is InChI=1S/C16H23N3O4/c1-11(20)17-18-16(21)10-19-8-4-5-14(19)13-7-6-12(22-2)9-15(13)23-3/h6-7,9,14H,4-5,8,10H2,1-3H3,(H,17,20)(H,18,21)/t14-/m0/s1. The largest absolute Gasteiger partial charge is 0.497 e. The van der Waals surface area contributed by atoms with Crippen LogP contribution in [0.25, 0.3) is 0 Å². The van der Waals surface area contributed by atoms with Crippen molar-refractivity contribution in [2.75, 3.05) is 27.3 Å². The maximum atomic E-state index is 11.9. The minimum absolute atomic E-state index is 0.110. The molecule has 0 spiro atoms. The molecule has 0 unspecified atom stereocenters. The number of benzene rings is 1. The molecule has 1 aromatic carbocycles. The van der Waals surface area contributed by atoms with Crippen LogP contribution >= 0.6 is 0 Å². The molecule has 0 bridgehead atoms. The maximum absolute atomic E-state index is 11.9. The van der Waals surface area contributed by atoms with E-state index in [9.17, 15) is 9.59 Å². The van der Waals surface area contributed by atoms with Crippen molar-refractivity contribution >= 4 is 11.8 Å². The van der Waals surface area contributed by atoms with Gasteiger partial charge in [0.25, 0.3) is 5.91 Å². The lowest BCUT2D eigenvalue weighted by molar-refractivity contribution is -0.128. The Labute approximate surface area is 135 Å². The first kappa shape index (κ1) is 17.1. The minimum Gasteiger partial charge on any atom is -0.497 e. The van der Waals surface area contributed by atoms with Gasteiger partial charge in [0.15, 0.2) is 0 Å². The molecule has 2 amide bonds. The first-order chi connectivity index (χ1) is 11.0. The van der Waals surface area contributed by atoms with Crippen LogP contribution in [-0.4, -0.2) is 44.0 Å². The van der Waals surface area contributed by atoms with Gasteiger partial charge >= 0.3 is 0 Å². The number of hydrogen-bond acceptors (Lipinski definition) is 5. The zero-order chi connectivity index (χ0) is 16.8. The number of ether oxygens (including phenoxy) is 2. The summed E-state index contributed by atoms with van der Waals surface area (Å²) < 4.78 is 10.7. The first-order valence-corrected chi connectivity index (χ1v) is 7.56. The lowest BCUT2D eigenvalue weighted by atomic mass is 10.0. The summed E-state index contributed by atoms with van der Waals surface area (Å²) in [5, 5.41) is 0. The number of nitrogens with one attached hydrogen (secondary N) is 2. The number of likely N-dealkylation sites (tertiary alicyclic amines) is 1. The van der Waals surface area contributed by atoms with Gasteiger partial charge in [0.05, 0.1) is 20.8 Å². The Balaban J connectivity index is 2.09. The number of nitrogens with zero attached hydrogens (tertiary/aromatic N) is 1. The van der Waals surface area contributed by atoms with Crippen LogP contribution < -0.4 is 20.3 Å². The third-order valence-electron chi connectivity index (χ3n) is 3.89. The Hall–Kier alpha value is -2.28. The van der Waals surface area contributed by atoms with E-state index in [4.69, 9.17) is 9.47 Å². The van der Waals surface area contributed by atoms with Crippen LogP contribution in [0.4, 0.5) is 0 Å². The van der Waals surface area contributed by atoms with Crippen molar-refractivity contribution in [3.05, 3.63) is 23.8 Å². The quantitative estimate of drug-likeness (QED) is 0.791. The number of hydrazine groups is 1. The molecule has 23 heavy (non-hydrogen) atoms. The van der Waals surface area contributed by atoms with E-state index in [1.54, 1.807) is 14.2 Å². The second kappa shape index (κ2) is 7.82. The lowest BCUT2D eigenvalue weighted by Gasteiger charge is -2.25. The van der Waals surface area contributed by atoms with Crippen molar-refractivity contribution < 1.29 is 19.1 Å². The summed E-state index contributed by atoms with van der Waals surface area (Å²) in [4.78, 5) is 24.8. The molecule has 1 heterocycles. The van der Waals surface area contributed by atoms with Gasteiger partial charge in [-0.05, 0) is 25.5 Å². The highest BCUT2D eigenvalue weighted by molar-refractivity contribution is 5.82. The molecule has 1 aliphatic heterocycles. The van der Waals surface area contributed by atoms with Crippen LogP contribution in [0.3, 0.4) is 0 Å². The molecule has 2 rings (SSSR count). The maximum Gasteiger partial charge on any atom is 0.252 e. The molecule has 7 nitrogen and oxygen atoms in total. The van der Waals surface area contributed by atoms with E-state index in [1.165, 1.54) is 6.92 Å². The number of methoxy groups -OCH3 is 2. The van der Waals surface area contributed by atoms with Crippen LogP contribution in [0.1, 0.15) is 31.4 Å². The molecular formula is C16H23N3O4. The monoisotopic (exact) mass is 321 g/mol.